The van der Waals surface area contributed by atoms with Gasteiger partial charge in [0.1, 0.15) is 12.2 Å². The second-order valence-corrected chi connectivity index (χ2v) is 3.55. The van der Waals surface area contributed by atoms with Crippen LogP contribution in [-0.4, -0.2) is 24.4 Å². The maximum absolute atomic E-state index is 5.92. The Morgan fingerprint density at radius 3 is 3.07 bits per heavy atom. The van der Waals surface area contributed by atoms with Crippen LogP contribution >= 0.6 is 11.5 Å². The Hall–Kier alpha value is -1.34. The third-order valence-corrected chi connectivity index (χ3v) is 2.49. The molecule has 0 spiro atoms. The molecule has 2 aromatic rings. The van der Waals surface area contributed by atoms with Crippen molar-refractivity contribution in [3.8, 4) is 0 Å². The number of aryl methyl sites for hydroxylation is 1. The van der Waals surface area contributed by atoms with Gasteiger partial charge in [0.15, 0.2) is 0 Å². The van der Waals surface area contributed by atoms with Crippen LogP contribution in [0.5, 0.6) is 0 Å². The fourth-order valence-corrected chi connectivity index (χ4v) is 1.66. The van der Waals surface area contributed by atoms with E-state index in [1.165, 1.54) is 17.9 Å². The lowest BCUT2D eigenvalue weighted by molar-refractivity contribution is 0.617. The maximum atomic E-state index is 5.92. The summed E-state index contributed by atoms with van der Waals surface area (Å²) < 4.78 is 5.47. The van der Waals surface area contributed by atoms with Gasteiger partial charge in [-0.3, -0.25) is 4.68 Å². The van der Waals surface area contributed by atoms with Crippen molar-refractivity contribution in [2.24, 2.45) is 12.8 Å². The van der Waals surface area contributed by atoms with Crippen molar-refractivity contribution in [1.29, 1.82) is 0 Å². The van der Waals surface area contributed by atoms with Gasteiger partial charge in [0, 0.05) is 18.8 Å². The quantitative estimate of drug-likeness (QED) is 0.765. The van der Waals surface area contributed by atoms with Crippen molar-refractivity contribution < 1.29 is 0 Å². The Kier molecular flexibility index (Phi) is 2.51. The Morgan fingerprint density at radius 2 is 2.50 bits per heavy atom. The summed E-state index contributed by atoms with van der Waals surface area (Å²) in [6.07, 6.45) is 2.14. The summed E-state index contributed by atoms with van der Waals surface area (Å²) in [6, 6.07) is -0.156. The first-order valence-corrected chi connectivity index (χ1v) is 4.96. The second kappa shape index (κ2) is 3.81. The van der Waals surface area contributed by atoms with E-state index in [1.807, 2.05) is 12.4 Å². The van der Waals surface area contributed by atoms with Crippen LogP contribution in [0.15, 0.2) is 11.7 Å². The minimum absolute atomic E-state index is 0.156. The Bertz CT molecular complexity index is 394. The van der Waals surface area contributed by atoms with Gasteiger partial charge < -0.3 is 5.73 Å². The second-order valence-electron chi connectivity index (χ2n) is 2.94. The maximum Gasteiger partial charge on any atom is 0.138 e. The smallest absolute Gasteiger partial charge is 0.138 e. The number of rotatable bonds is 3. The van der Waals surface area contributed by atoms with Crippen LogP contribution in [0.1, 0.15) is 17.6 Å². The van der Waals surface area contributed by atoms with E-state index in [4.69, 9.17) is 5.73 Å². The van der Waals surface area contributed by atoms with Gasteiger partial charge in [-0.25, -0.2) is 4.98 Å². The standard InChI is InChI=1S/C7H10N6S/c1-13-7(9-4-10-13)2-5(8)6-3-14-12-11-6/h3-5H,2,8H2,1H3. The molecule has 0 aliphatic carbocycles. The Balaban J connectivity index is 2.09. The van der Waals surface area contributed by atoms with Gasteiger partial charge in [0.25, 0.3) is 0 Å². The molecule has 6 nitrogen and oxygen atoms in total. The Morgan fingerprint density at radius 1 is 1.64 bits per heavy atom. The van der Waals surface area contributed by atoms with E-state index >= 15 is 0 Å². The lowest BCUT2D eigenvalue weighted by Gasteiger charge is -2.06. The highest BCUT2D eigenvalue weighted by Crippen LogP contribution is 2.12. The molecule has 2 heterocycles. The highest BCUT2D eigenvalue weighted by molar-refractivity contribution is 7.03. The predicted octanol–water partition coefficient (Wildman–Crippen LogP) is -0.0909. The van der Waals surface area contributed by atoms with E-state index < -0.39 is 0 Å². The largest absolute Gasteiger partial charge is 0.322 e. The third-order valence-electron chi connectivity index (χ3n) is 1.96. The zero-order valence-corrected chi connectivity index (χ0v) is 8.48. The lowest BCUT2D eigenvalue weighted by atomic mass is 10.1. The highest BCUT2D eigenvalue weighted by Gasteiger charge is 2.12. The van der Waals surface area contributed by atoms with Gasteiger partial charge in [-0.2, -0.15) is 5.10 Å². The van der Waals surface area contributed by atoms with Crippen molar-refractivity contribution in [2.75, 3.05) is 0 Å². The molecule has 0 aliphatic heterocycles. The van der Waals surface area contributed by atoms with E-state index in [-0.39, 0.29) is 6.04 Å². The van der Waals surface area contributed by atoms with Crippen molar-refractivity contribution in [3.05, 3.63) is 23.2 Å². The van der Waals surface area contributed by atoms with E-state index in [2.05, 4.69) is 19.7 Å². The summed E-state index contributed by atoms with van der Waals surface area (Å²) in [4.78, 5) is 4.09. The molecular weight excluding hydrogens is 200 g/mol. The van der Waals surface area contributed by atoms with Crippen LogP contribution in [-0.2, 0) is 13.5 Å². The third kappa shape index (κ3) is 1.78. The monoisotopic (exact) mass is 210 g/mol. The number of hydrogen-bond acceptors (Lipinski definition) is 6. The van der Waals surface area contributed by atoms with Gasteiger partial charge in [-0.05, 0) is 11.5 Å². The molecule has 0 amide bonds. The molecule has 0 bridgehead atoms. The van der Waals surface area contributed by atoms with Crippen LogP contribution < -0.4 is 5.73 Å². The van der Waals surface area contributed by atoms with E-state index in [1.54, 1.807) is 4.68 Å². The van der Waals surface area contributed by atoms with E-state index in [0.717, 1.165) is 11.5 Å². The first-order chi connectivity index (χ1) is 6.77. The molecule has 2 rings (SSSR count). The minimum atomic E-state index is -0.156. The van der Waals surface area contributed by atoms with Gasteiger partial charge in [-0.1, -0.05) is 4.49 Å². The SMILES string of the molecule is Cn1ncnc1CC(N)c1csnn1. The van der Waals surface area contributed by atoms with Crippen LogP contribution in [0.25, 0.3) is 0 Å². The van der Waals surface area contributed by atoms with Crippen LogP contribution in [0.3, 0.4) is 0 Å². The fraction of sp³-hybridized carbons (Fsp3) is 0.429. The molecule has 0 aliphatic rings. The predicted molar refractivity (Wildman–Crippen MR) is 51.5 cm³/mol. The average molecular weight is 210 g/mol. The highest BCUT2D eigenvalue weighted by atomic mass is 32.1. The summed E-state index contributed by atoms with van der Waals surface area (Å²) in [5, 5.41) is 9.73. The lowest BCUT2D eigenvalue weighted by Crippen LogP contribution is -2.16. The molecule has 2 N–H and O–H groups in total. The molecule has 2 aromatic heterocycles. The summed E-state index contributed by atoms with van der Waals surface area (Å²) >= 11 is 1.30. The summed E-state index contributed by atoms with van der Waals surface area (Å²) in [5.74, 6) is 0.852. The van der Waals surface area contributed by atoms with Crippen LogP contribution in [0, 0.1) is 0 Å². The first-order valence-electron chi connectivity index (χ1n) is 4.13. The number of hydrogen-bond donors (Lipinski definition) is 1. The van der Waals surface area contributed by atoms with Crippen LogP contribution in [0.4, 0.5) is 0 Å². The Labute approximate surface area is 84.9 Å². The van der Waals surface area contributed by atoms with E-state index in [9.17, 15) is 0 Å². The number of aromatic nitrogens is 5. The molecule has 1 unspecified atom stereocenters. The summed E-state index contributed by atoms with van der Waals surface area (Å²) in [6.45, 7) is 0. The minimum Gasteiger partial charge on any atom is -0.322 e. The molecule has 0 radical (unpaired) electrons. The fourth-order valence-electron chi connectivity index (χ4n) is 1.14. The molecule has 7 heteroatoms. The van der Waals surface area contributed by atoms with Crippen molar-refractivity contribution in [3.63, 3.8) is 0 Å². The molecule has 14 heavy (non-hydrogen) atoms. The summed E-state index contributed by atoms with van der Waals surface area (Å²) in [7, 11) is 1.84. The van der Waals surface area contributed by atoms with Gasteiger partial charge in [0.2, 0.25) is 0 Å². The van der Waals surface area contributed by atoms with Crippen molar-refractivity contribution in [2.45, 2.75) is 12.5 Å². The van der Waals surface area contributed by atoms with Gasteiger partial charge in [-0.15, -0.1) is 5.10 Å². The molecule has 0 saturated heterocycles. The number of nitrogens with two attached hydrogens (primary N) is 1. The molecular formula is C7H10N6S. The molecule has 1 atom stereocenters. The molecule has 74 valence electrons. The topological polar surface area (TPSA) is 82.5 Å². The van der Waals surface area contributed by atoms with Crippen LogP contribution in [0.2, 0.25) is 0 Å². The summed E-state index contributed by atoms with van der Waals surface area (Å²) in [5.41, 5.74) is 6.73. The molecule has 0 saturated carbocycles. The van der Waals surface area contributed by atoms with Crippen molar-refractivity contribution in [1.82, 2.24) is 24.4 Å². The normalized spacial score (nSPS) is 13.0. The molecule has 0 aromatic carbocycles. The average Bonchev–Trinajstić information content (AvgIpc) is 2.77. The number of nitrogens with zero attached hydrogens (tertiary/aromatic N) is 5. The first kappa shape index (κ1) is 9.22. The van der Waals surface area contributed by atoms with Gasteiger partial charge in [0.05, 0.1) is 11.7 Å². The zero-order valence-electron chi connectivity index (χ0n) is 7.66. The van der Waals surface area contributed by atoms with Crippen molar-refractivity contribution >= 4 is 11.5 Å². The zero-order chi connectivity index (χ0) is 9.97. The van der Waals surface area contributed by atoms with E-state index in [0.29, 0.717) is 6.42 Å². The van der Waals surface area contributed by atoms with Gasteiger partial charge >= 0.3 is 0 Å². The molecule has 0 fully saturated rings.